The highest BCUT2D eigenvalue weighted by atomic mass is 16.5. The van der Waals surface area contributed by atoms with Gasteiger partial charge in [-0.3, -0.25) is 9.78 Å². The van der Waals surface area contributed by atoms with Crippen molar-refractivity contribution >= 4 is 11.6 Å². The number of anilines is 1. The number of benzene rings is 2. The predicted molar refractivity (Wildman–Crippen MR) is 114 cm³/mol. The molecule has 1 aromatic heterocycles. The minimum Gasteiger partial charge on any atom is -0.487 e. The first-order valence-electron chi connectivity index (χ1n) is 10.0. The van der Waals surface area contributed by atoms with E-state index < -0.39 is 0 Å². The van der Waals surface area contributed by atoms with Gasteiger partial charge >= 0.3 is 0 Å². The lowest BCUT2D eigenvalue weighted by molar-refractivity contribution is -0.117. The summed E-state index contributed by atoms with van der Waals surface area (Å²) >= 11 is 0. The number of aromatic nitrogens is 1. The van der Waals surface area contributed by atoms with Crippen LogP contribution < -0.4 is 15.0 Å². The van der Waals surface area contributed by atoms with E-state index in [0.29, 0.717) is 19.7 Å². The Balaban J connectivity index is 1.29. The van der Waals surface area contributed by atoms with Crippen LogP contribution in [-0.2, 0) is 24.4 Å². The number of ether oxygens (including phenoxy) is 1. The van der Waals surface area contributed by atoms with Gasteiger partial charge in [0.1, 0.15) is 12.4 Å². The van der Waals surface area contributed by atoms with Gasteiger partial charge in [-0.1, -0.05) is 36.4 Å². The third-order valence-corrected chi connectivity index (χ3v) is 5.03. The van der Waals surface area contributed by atoms with E-state index in [1.807, 2.05) is 65.6 Å². The van der Waals surface area contributed by atoms with Gasteiger partial charge in [-0.15, -0.1) is 0 Å². The number of amides is 1. The number of pyridine rings is 1. The number of carbonyl (C=O) groups is 1. The molecule has 4 rings (SSSR count). The van der Waals surface area contributed by atoms with Crippen LogP contribution in [0.15, 0.2) is 72.9 Å². The van der Waals surface area contributed by atoms with Crippen molar-refractivity contribution in [3.63, 3.8) is 0 Å². The average molecular weight is 387 g/mol. The lowest BCUT2D eigenvalue weighted by Crippen LogP contribution is -2.41. The minimum absolute atomic E-state index is 0.111. The van der Waals surface area contributed by atoms with E-state index in [1.165, 1.54) is 5.56 Å². The molecule has 0 saturated heterocycles. The van der Waals surface area contributed by atoms with Gasteiger partial charge in [0.25, 0.3) is 0 Å². The average Bonchev–Trinajstić information content (AvgIpc) is 2.78. The maximum absolute atomic E-state index is 12.7. The van der Waals surface area contributed by atoms with E-state index >= 15 is 0 Å². The summed E-state index contributed by atoms with van der Waals surface area (Å²) in [4.78, 5) is 18.9. The summed E-state index contributed by atoms with van der Waals surface area (Å²) in [6.45, 7) is 2.15. The van der Waals surface area contributed by atoms with Gasteiger partial charge in [-0.25, -0.2) is 0 Å². The van der Waals surface area contributed by atoms with Crippen LogP contribution in [0.1, 0.15) is 23.2 Å². The maximum Gasteiger partial charge on any atom is 0.240 e. The molecule has 0 aliphatic carbocycles. The monoisotopic (exact) mass is 387 g/mol. The van der Waals surface area contributed by atoms with Gasteiger partial charge in [0.2, 0.25) is 5.91 Å². The zero-order chi connectivity index (χ0) is 19.9. The maximum atomic E-state index is 12.7. The van der Waals surface area contributed by atoms with Gasteiger partial charge in [0.05, 0.1) is 12.2 Å². The van der Waals surface area contributed by atoms with E-state index in [0.717, 1.165) is 42.1 Å². The standard InChI is InChI=1S/C24H25N3O2/c28-24(27-14-6-9-20-8-1-2-12-23(20)27)17-25-16-19-7-5-11-22(15-19)29-18-21-10-3-4-13-26-21/h1-5,7-8,10-13,15,25H,6,9,14,16-18H2. The molecule has 1 amide bonds. The van der Waals surface area contributed by atoms with Crippen LogP contribution in [0.5, 0.6) is 5.75 Å². The second kappa shape index (κ2) is 9.34. The summed E-state index contributed by atoms with van der Waals surface area (Å²) in [6.07, 6.45) is 3.81. The molecule has 0 radical (unpaired) electrons. The van der Waals surface area contributed by atoms with E-state index in [-0.39, 0.29) is 5.91 Å². The van der Waals surface area contributed by atoms with Crippen molar-refractivity contribution in [3.8, 4) is 5.75 Å². The van der Waals surface area contributed by atoms with E-state index in [2.05, 4.69) is 16.4 Å². The summed E-state index contributed by atoms with van der Waals surface area (Å²) in [5.41, 5.74) is 4.28. The molecular weight excluding hydrogens is 362 g/mol. The first kappa shape index (κ1) is 19.2. The molecule has 5 heteroatoms. The molecule has 5 nitrogen and oxygen atoms in total. The fraction of sp³-hybridized carbons (Fsp3) is 0.250. The third kappa shape index (κ3) is 5.00. The Bertz CT molecular complexity index is 959. The fourth-order valence-corrected chi connectivity index (χ4v) is 3.59. The Morgan fingerprint density at radius 1 is 1.07 bits per heavy atom. The highest BCUT2D eigenvalue weighted by molar-refractivity contribution is 5.95. The van der Waals surface area contributed by atoms with Crippen LogP contribution in [0.25, 0.3) is 0 Å². The smallest absolute Gasteiger partial charge is 0.240 e. The van der Waals surface area contributed by atoms with Crippen molar-refractivity contribution in [1.82, 2.24) is 10.3 Å². The topological polar surface area (TPSA) is 54.5 Å². The molecule has 2 heterocycles. The van der Waals surface area contributed by atoms with Crippen LogP contribution in [0.2, 0.25) is 0 Å². The summed E-state index contributed by atoms with van der Waals surface area (Å²) in [5, 5.41) is 3.27. The molecule has 1 aliphatic heterocycles. The number of para-hydroxylation sites is 1. The van der Waals surface area contributed by atoms with E-state index in [1.54, 1.807) is 6.20 Å². The van der Waals surface area contributed by atoms with Crippen LogP contribution in [0.3, 0.4) is 0 Å². The largest absolute Gasteiger partial charge is 0.487 e. The molecule has 1 aliphatic rings. The third-order valence-electron chi connectivity index (χ3n) is 5.03. The minimum atomic E-state index is 0.111. The van der Waals surface area contributed by atoms with Crippen LogP contribution in [0, 0.1) is 0 Å². The number of nitrogens with zero attached hydrogens (tertiary/aromatic N) is 2. The van der Waals surface area contributed by atoms with Gasteiger partial charge in [-0.05, 0) is 54.3 Å². The quantitative estimate of drug-likeness (QED) is 0.671. The van der Waals surface area contributed by atoms with Crippen molar-refractivity contribution in [1.29, 1.82) is 0 Å². The predicted octanol–water partition coefficient (Wildman–Crippen LogP) is 3.73. The van der Waals surface area contributed by atoms with Crippen molar-refractivity contribution in [2.75, 3.05) is 18.0 Å². The molecule has 148 valence electrons. The first-order valence-corrected chi connectivity index (χ1v) is 10.0. The first-order chi connectivity index (χ1) is 14.3. The number of hydrogen-bond acceptors (Lipinski definition) is 4. The van der Waals surface area contributed by atoms with Crippen molar-refractivity contribution < 1.29 is 9.53 Å². The number of carbonyl (C=O) groups excluding carboxylic acids is 1. The molecular formula is C24H25N3O2. The summed E-state index contributed by atoms with van der Waals surface area (Å²) in [5.74, 6) is 0.908. The molecule has 29 heavy (non-hydrogen) atoms. The summed E-state index contributed by atoms with van der Waals surface area (Å²) in [7, 11) is 0. The van der Waals surface area contributed by atoms with Crippen molar-refractivity contribution in [3.05, 3.63) is 89.7 Å². The Morgan fingerprint density at radius 2 is 1.97 bits per heavy atom. The van der Waals surface area contributed by atoms with Crippen molar-refractivity contribution in [2.24, 2.45) is 0 Å². The van der Waals surface area contributed by atoms with Crippen LogP contribution in [0.4, 0.5) is 5.69 Å². The Morgan fingerprint density at radius 3 is 2.86 bits per heavy atom. The van der Waals surface area contributed by atoms with E-state index in [4.69, 9.17) is 4.74 Å². The Labute approximate surface area is 171 Å². The molecule has 0 atom stereocenters. The van der Waals surface area contributed by atoms with E-state index in [9.17, 15) is 4.79 Å². The number of aryl methyl sites for hydroxylation is 1. The molecule has 0 spiro atoms. The molecule has 0 unspecified atom stereocenters. The number of fused-ring (bicyclic) bond motifs is 1. The second-order valence-electron chi connectivity index (χ2n) is 7.14. The highest BCUT2D eigenvalue weighted by Crippen LogP contribution is 2.26. The zero-order valence-corrected chi connectivity index (χ0v) is 16.4. The lowest BCUT2D eigenvalue weighted by Gasteiger charge is -2.29. The molecule has 3 aromatic rings. The Kier molecular flexibility index (Phi) is 6.17. The number of nitrogens with one attached hydrogen (secondary N) is 1. The fourth-order valence-electron chi connectivity index (χ4n) is 3.59. The molecule has 0 fully saturated rings. The SMILES string of the molecule is O=C(CNCc1cccc(OCc2ccccn2)c1)N1CCCc2ccccc21. The Hall–Kier alpha value is -3.18. The van der Waals surface area contributed by atoms with Gasteiger partial charge in [0, 0.05) is 25.0 Å². The molecule has 0 bridgehead atoms. The molecule has 2 aromatic carbocycles. The second-order valence-corrected chi connectivity index (χ2v) is 7.14. The zero-order valence-electron chi connectivity index (χ0n) is 16.4. The molecule has 1 N–H and O–H groups in total. The number of rotatable bonds is 7. The summed E-state index contributed by atoms with van der Waals surface area (Å²) < 4.78 is 5.83. The number of hydrogen-bond donors (Lipinski definition) is 1. The highest BCUT2D eigenvalue weighted by Gasteiger charge is 2.21. The summed E-state index contributed by atoms with van der Waals surface area (Å²) in [6, 6.07) is 21.9. The van der Waals surface area contributed by atoms with Gasteiger partial charge in [-0.2, -0.15) is 0 Å². The normalized spacial score (nSPS) is 13.0. The lowest BCUT2D eigenvalue weighted by atomic mass is 10.0. The molecule has 0 saturated carbocycles. The van der Waals surface area contributed by atoms with Crippen LogP contribution >= 0.6 is 0 Å². The van der Waals surface area contributed by atoms with Crippen molar-refractivity contribution in [2.45, 2.75) is 26.0 Å². The van der Waals surface area contributed by atoms with Crippen LogP contribution in [-0.4, -0.2) is 24.0 Å². The van der Waals surface area contributed by atoms with Gasteiger partial charge < -0.3 is 15.0 Å². The van der Waals surface area contributed by atoms with Gasteiger partial charge in [0.15, 0.2) is 0 Å².